The van der Waals surface area contributed by atoms with Crippen LogP contribution in [0.1, 0.15) is 15.4 Å². The van der Waals surface area contributed by atoms with Crippen molar-refractivity contribution in [1.82, 2.24) is 15.3 Å². The van der Waals surface area contributed by atoms with E-state index in [0.29, 0.717) is 5.02 Å². The lowest BCUT2D eigenvalue weighted by molar-refractivity contribution is 0.699. The van der Waals surface area contributed by atoms with E-state index >= 15 is 0 Å². The molecular formula is C11H12ClN3S. The van der Waals surface area contributed by atoms with E-state index in [1.165, 1.54) is 4.88 Å². The van der Waals surface area contributed by atoms with Crippen molar-refractivity contribution in [3.8, 4) is 0 Å². The molecule has 0 aliphatic heterocycles. The average Bonchev–Trinajstić information content (AvgIpc) is 2.67. The second-order valence-electron chi connectivity index (χ2n) is 3.42. The van der Waals surface area contributed by atoms with Crippen LogP contribution in [-0.4, -0.2) is 9.97 Å². The Labute approximate surface area is 104 Å². The van der Waals surface area contributed by atoms with Gasteiger partial charge < -0.3 is 5.32 Å². The molecule has 0 saturated heterocycles. The van der Waals surface area contributed by atoms with Crippen molar-refractivity contribution in [2.75, 3.05) is 0 Å². The Balaban J connectivity index is 1.87. The van der Waals surface area contributed by atoms with E-state index in [0.717, 1.165) is 23.7 Å². The highest BCUT2D eigenvalue weighted by molar-refractivity contribution is 7.11. The molecule has 2 aromatic rings. The molecule has 0 saturated carbocycles. The van der Waals surface area contributed by atoms with E-state index in [2.05, 4.69) is 15.3 Å². The molecule has 84 valence electrons. The Morgan fingerprint density at radius 1 is 1.38 bits per heavy atom. The first-order valence-corrected chi connectivity index (χ1v) is 6.15. The van der Waals surface area contributed by atoms with Crippen LogP contribution in [0.4, 0.5) is 0 Å². The molecule has 2 aromatic heterocycles. The molecule has 0 atom stereocenters. The summed E-state index contributed by atoms with van der Waals surface area (Å²) >= 11 is 7.71. The molecule has 5 heteroatoms. The minimum atomic E-state index is 0.704. The van der Waals surface area contributed by atoms with Crippen LogP contribution in [0.5, 0.6) is 0 Å². The summed E-state index contributed by atoms with van der Waals surface area (Å²) in [5, 5.41) is 5.13. The molecule has 0 bridgehead atoms. The first-order valence-electron chi connectivity index (χ1n) is 4.96. The Morgan fingerprint density at radius 2 is 2.25 bits per heavy atom. The van der Waals surface area contributed by atoms with E-state index in [1.807, 2.05) is 19.2 Å². The van der Waals surface area contributed by atoms with Crippen LogP contribution in [0.2, 0.25) is 5.02 Å². The summed E-state index contributed by atoms with van der Waals surface area (Å²) in [6.45, 7) is 3.58. The zero-order valence-corrected chi connectivity index (χ0v) is 10.5. The third kappa shape index (κ3) is 3.01. The summed E-state index contributed by atoms with van der Waals surface area (Å²) in [4.78, 5) is 9.39. The molecule has 2 rings (SSSR count). The highest BCUT2D eigenvalue weighted by Crippen LogP contribution is 2.14. The van der Waals surface area contributed by atoms with Gasteiger partial charge in [-0.1, -0.05) is 11.6 Å². The van der Waals surface area contributed by atoms with Crippen molar-refractivity contribution in [2.24, 2.45) is 0 Å². The monoisotopic (exact) mass is 253 g/mol. The fraction of sp³-hybridized carbons (Fsp3) is 0.273. The summed E-state index contributed by atoms with van der Waals surface area (Å²) in [5.74, 6) is 0. The van der Waals surface area contributed by atoms with Gasteiger partial charge in [-0.15, -0.1) is 11.3 Å². The van der Waals surface area contributed by atoms with Crippen molar-refractivity contribution in [3.63, 3.8) is 0 Å². The summed E-state index contributed by atoms with van der Waals surface area (Å²) < 4.78 is 0. The van der Waals surface area contributed by atoms with Gasteiger partial charge in [0.05, 0.1) is 10.0 Å². The molecule has 0 spiro atoms. The molecule has 0 amide bonds. The van der Waals surface area contributed by atoms with Crippen LogP contribution in [0, 0.1) is 6.92 Å². The van der Waals surface area contributed by atoms with Crippen molar-refractivity contribution >= 4 is 22.9 Å². The Kier molecular flexibility index (Phi) is 3.88. The van der Waals surface area contributed by atoms with Gasteiger partial charge in [0.25, 0.3) is 0 Å². The zero-order valence-electron chi connectivity index (χ0n) is 8.90. The maximum Gasteiger partial charge on any atom is 0.0897 e. The number of rotatable bonds is 4. The quantitative estimate of drug-likeness (QED) is 0.911. The van der Waals surface area contributed by atoms with Crippen LogP contribution >= 0.6 is 22.9 Å². The summed E-state index contributed by atoms with van der Waals surface area (Å²) in [6, 6.07) is 1.92. The molecule has 16 heavy (non-hydrogen) atoms. The first-order chi connectivity index (χ1) is 7.75. The van der Waals surface area contributed by atoms with Crippen molar-refractivity contribution in [3.05, 3.63) is 45.1 Å². The third-order valence-electron chi connectivity index (χ3n) is 2.14. The Hall–Kier alpha value is -0.970. The van der Waals surface area contributed by atoms with E-state index < -0.39 is 0 Å². The van der Waals surface area contributed by atoms with E-state index in [9.17, 15) is 0 Å². The van der Waals surface area contributed by atoms with Crippen LogP contribution in [0.3, 0.4) is 0 Å². The number of hydrogen-bond donors (Lipinski definition) is 1. The normalized spacial score (nSPS) is 10.6. The lowest BCUT2D eigenvalue weighted by Crippen LogP contribution is -2.12. The summed E-state index contributed by atoms with van der Waals surface area (Å²) in [7, 11) is 0. The van der Waals surface area contributed by atoms with Crippen LogP contribution in [0.25, 0.3) is 0 Å². The van der Waals surface area contributed by atoms with Gasteiger partial charge in [-0.25, -0.2) is 4.98 Å². The summed E-state index contributed by atoms with van der Waals surface area (Å²) in [5.41, 5.74) is 1.07. The molecule has 3 nitrogen and oxygen atoms in total. The van der Waals surface area contributed by atoms with Gasteiger partial charge in [-0.2, -0.15) is 0 Å². The standard InChI is InChI=1S/C11H12ClN3S/c1-8-15-6-10(16-8)5-14-4-9-2-3-13-7-11(9)12/h2-3,6-7,14H,4-5H2,1H3. The number of hydrogen-bond acceptors (Lipinski definition) is 4. The number of pyridine rings is 1. The summed E-state index contributed by atoms with van der Waals surface area (Å²) in [6.07, 6.45) is 5.32. The maximum absolute atomic E-state index is 6.00. The van der Waals surface area contributed by atoms with Crippen molar-refractivity contribution in [1.29, 1.82) is 0 Å². The predicted octanol–water partition coefficient (Wildman–Crippen LogP) is 2.79. The predicted molar refractivity (Wildman–Crippen MR) is 66.6 cm³/mol. The molecule has 2 heterocycles. The van der Waals surface area contributed by atoms with Crippen molar-refractivity contribution in [2.45, 2.75) is 20.0 Å². The van der Waals surface area contributed by atoms with Crippen LogP contribution in [0.15, 0.2) is 24.7 Å². The zero-order chi connectivity index (χ0) is 11.4. The molecule has 1 N–H and O–H groups in total. The number of halogens is 1. The maximum atomic E-state index is 6.00. The lowest BCUT2D eigenvalue weighted by Gasteiger charge is -2.04. The SMILES string of the molecule is Cc1ncc(CNCc2ccncc2Cl)s1. The molecule has 0 fully saturated rings. The van der Waals surface area contributed by atoms with E-state index in [-0.39, 0.29) is 0 Å². The smallest absolute Gasteiger partial charge is 0.0897 e. The van der Waals surface area contributed by atoms with Gasteiger partial charge in [-0.05, 0) is 18.6 Å². The average molecular weight is 254 g/mol. The van der Waals surface area contributed by atoms with Gasteiger partial charge in [0, 0.05) is 36.6 Å². The number of thiazole rings is 1. The fourth-order valence-electron chi connectivity index (χ4n) is 1.35. The highest BCUT2D eigenvalue weighted by atomic mass is 35.5. The van der Waals surface area contributed by atoms with Crippen LogP contribution in [-0.2, 0) is 13.1 Å². The fourth-order valence-corrected chi connectivity index (χ4v) is 2.31. The molecular weight excluding hydrogens is 242 g/mol. The minimum absolute atomic E-state index is 0.704. The number of nitrogens with one attached hydrogen (secondary N) is 1. The third-order valence-corrected chi connectivity index (χ3v) is 3.39. The largest absolute Gasteiger partial charge is 0.308 e. The van der Waals surface area contributed by atoms with Crippen LogP contribution < -0.4 is 5.32 Å². The molecule has 0 aromatic carbocycles. The molecule has 0 aliphatic carbocycles. The second-order valence-corrected chi connectivity index (χ2v) is 5.14. The Bertz CT molecular complexity index is 470. The first kappa shape index (κ1) is 11.5. The molecule has 0 aliphatic rings. The highest BCUT2D eigenvalue weighted by Gasteiger charge is 2.00. The minimum Gasteiger partial charge on any atom is -0.308 e. The van der Waals surface area contributed by atoms with Gasteiger partial charge in [0.2, 0.25) is 0 Å². The van der Waals surface area contributed by atoms with Gasteiger partial charge in [0.15, 0.2) is 0 Å². The molecule has 0 unspecified atom stereocenters. The van der Waals surface area contributed by atoms with Gasteiger partial charge in [0.1, 0.15) is 0 Å². The van der Waals surface area contributed by atoms with Gasteiger partial charge in [-0.3, -0.25) is 4.98 Å². The second kappa shape index (κ2) is 5.39. The topological polar surface area (TPSA) is 37.8 Å². The van der Waals surface area contributed by atoms with Gasteiger partial charge >= 0.3 is 0 Å². The Morgan fingerprint density at radius 3 is 2.94 bits per heavy atom. The van der Waals surface area contributed by atoms with E-state index in [1.54, 1.807) is 23.7 Å². The number of aryl methyl sites for hydroxylation is 1. The van der Waals surface area contributed by atoms with E-state index in [4.69, 9.17) is 11.6 Å². The molecule has 0 radical (unpaired) electrons. The van der Waals surface area contributed by atoms with Crippen molar-refractivity contribution < 1.29 is 0 Å². The number of nitrogens with zero attached hydrogens (tertiary/aromatic N) is 2. The number of aromatic nitrogens is 2. The lowest BCUT2D eigenvalue weighted by atomic mass is 10.2.